The van der Waals surface area contributed by atoms with E-state index in [1.54, 1.807) is 18.7 Å². The molecule has 1 nitrogen and oxygen atoms in total. The summed E-state index contributed by atoms with van der Waals surface area (Å²) >= 11 is 7.90. The summed E-state index contributed by atoms with van der Waals surface area (Å²) in [5.41, 5.74) is 3.03. The average Bonchev–Trinajstić information content (AvgIpc) is 2.38. The molecule has 0 saturated heterocycles. The van der Waals surface area contributed by atoms with E-state index in [9.17, 15) is 4.79 Å². The van der Waals surface area contributed by atoms with Crippen LogP contribution >= 0.6 is 23.4 Å². The van der Waals surface area contributed by atoms with Crippen LogP contribution in [0.3, 0.4) is 0 Å². The third kappa shape index (κ3) is 3.85. The molecule has 0 bridgehead atoms. The van der Waals surface area contributed by atoms with Crippen molar-refractivity contribution < 1.29 is 4.79 Å². The molecule has 0 unspecified atom stereocenters. The molecule has 0 spiro atoms. The predicted molar refractivity (Wildman–Crippen MR) is 82.2 cm³/mol. The van der Waals surface area contributed by atoms with E-state index in [1.807, 2.05) is 37.3 Å². The Morgan fingerprint density at radius 2 is 2.00 bits per heavy atom. The number of Topliss-reactive ketones (excluding diaryl/α,β-unsaturated/α-hetero) is 1. The molecule has 0 atom stereocenters. The smallest absolute Gasteiger partial charge is 0.159 e. The normalized spacial score (nSPS) is 10.5. The minimum atomic E-state index is 0.0934. The summed E-state index contributed by atoms with van der Waals surface area (Å²) in [5.74, 6) is 0.899. The Morgan fingerprint density at radius 3 is 2.68 bits per heavy atom. The second-order valence-corrected chi connectivity index (χ2v) is 5.92. The first-order valence-corrected chi connectivity index (χ1v) is 7.41. The summed E-state index contributed by atoms with van der Waals surface area (Å²) < 4.78 is 0. The lowest BCUT2D eigenvalue weighted by molar-refractivity contribution is 0.101. The topological polar surface area (TPSA) is 17.1 Å². The summed E-state index contributed by atoms with van der Waals surface area (Å²) in [6.45, 7) is 3.61. The zero-order valence-electron chi connectivity index (χ0n) is 10.9. The molecule has 0 heterocycles. The van der Waals surface area contributed by atoms with Crippen LogP contribution in [0.5, 0.6) is 0 Å². The molecule has 19 heavy (non-hydrogen) atoms. The number of hydrogen-bond donors (Lipinski definition) is 0. The van der Waals surface area contributed by atoms with Gasteiger partial charge in [0.25, 0.3) is 0 Å². The lowest BCUT2D eigenvalue weighted by atomic mass is 10.2. The van der Waals surface area contributed by atoms with E-state index in [2.05, 4.69) is 12.1 Å². The highest BCUT2D eigenvalue weighted by Crippen LogP contribution is 2.27. The van der Waals surface area contributed by atoms with Crippen LogP contribution < -0.4 is 0 Å². The standard InChI is InChI=1S/C16H15ClOS/c1-11-6-7-14(16(17)8-11)10-19-15-5-3-4-13(9-15)12(2)18/h3-9H,10H2,1-2H3. The molecule has 0 fully saturated rings. The van der Waals surface area contributed by atoms with Crippen molar-refractivity contribution in [2.75, 3.05) is 0 Å². The van der Waals surface area contributed by atoms with Gasteiger partial charge in [-0.25, -0.2) is 0 Å². The van der Waals surface area contributed by atoms with Crippen LogP contribution in [-0.4, -0.2) is 5.78 Å². The van der Waals surface area contributed by atoms with Crippen LogP contribution in [0.2, 0.25) is 5.02 Å². The lowest BCUT2D eigenvalue weighted by Gasteiger charge is -2.06. The quantitative estimate of drug-likeness (QED) is 0.572. The number of rotatable bonds is 4. The molecule has 3 heteroatoms. The summed E-state index contributed by atoms with van der Waals surface area (Å²) in [6, 6.07) is 13.8. The van der Waals surface area contributed by atoms with Crippen molar-refractivity contribution in [3.8, 4) is 0 Å². The summed E-state index contributed by atoms with van der Waals surface area (Å²) in [4.78, 5) is 12.4. The zero-order valence-corrected chi connectivity index (χ0v) is 12.5. The monoisotopic (exact) mass is 290 g/mol. The first-order chi connectivity index (χ1) is 9.06. The summed E-state index contributed by atoms with van der Waals surface area (Å²) in [5, 5.41) is 0.801. The van der Waals surface area contributed by atoms with E-state index in [0.29, 0.717) is 0 Å². The van der Waals surface area contributed by atoms with E-state index < -0.39 is 0 Å². The van der Waals surface area contributed by atoms with Crippen LogP contribution in [0, 0.1) is 6.92 Å². The molecule has 98 valence electrons. The van der Waals surface area contributed by atoms with Crippen molar-refractivity contribution in [1.82, 2.24) is 0 Å². The van der Waals surface area contributed by atoms with Gasteiger partial charge in [0, 0.05) is 21.2 Å². The molecule has 0 saturated carbocycles. The minimum absolute atomic E-state index is 0.0934. The highest BCUT2D eigenvalue weighted by atomic mass is 35.5. The Labute approximate surface area is 123 Å². The third-order valence-electron chi connectivity index (χ3n) is 2.84. The van der Waals surface area contributed by atoms with Crippen molar-refractivity contribution in [1.29, 1.82) is 0 Å². The van der Waals surface area contributed by atoms with Gasteiger partial charge in [-0.2, -0.15) is 0 Å². The number of thioether (sulfide) groups is 1. The molecule has 0 aliphatic carbocycles. The van der Waals surface area contributed by atoms with Crippen LogP contribution in [0.25, 0.3) is 0 Å². The van der Waals surface area contributed by atoms with Crippen molar-refractivity contribution in [3.63, 3.8) is 0 Å². The second kappa shape index (κ2) is 6.27. The van der Waals surface area contributed by atoms with E-state index in [-0.39, 0.29) is 5.78 Å². The van der Waals surface area contributed by atoms with Gasteiger partial charge in [-0.1, -0.05) is 35.9 Å². The SMILES string of the molecule is CC(=O)c1cccc(SCc2ccc(C)cc2Cl)c1. The van der Waals surface area contributed by atoms with E-state index in [1.165, 1.54) is 0 Å². The first kappa shape index (κ1) is 14.2. The molecular formula is C16H15ClOS. The Bertz CT molecular complexity index is 607. The average molecular weight is 291 g/mol. The number of carbonyl (C=O) groups excluding carboxylic acids is 1. The van der Waals surface area contributed by atoms with Crippen LogP contribution in [0.1, 0.15) is 28.4 Å². The molecule has 2 rings (SSSR count). The van der Waals surface area contributed by atoms with Gasteiger partial charge in [-0.15, -0.1) is 11.8 Å². The van der Waals surface area contributed by atoms with Crippen LogP contribution in [0.4, 0.5) is 0 Å². The molecule has 0 radical (unpaired) electrons. The summed E-state index contributed by atoms with van der Waals surface area (Å²) in [6.07, 6.45) is 0. The number of carbonyl (C=O) groups is 1. The Hall–Kier alpha value is -1.25. The molecule has 0 N–H and O–H groups in total. The van der Waals surface area contributed by atoms with Crippen molar-refractivity contribution in [2.45, 2.75) is 24.5 Å². The number of hydrogen-bond acceptors (Lipinski definition) is 2. The fourth-order valence-corrected chi connectivity index (χ4v) is 3.08. The Balaban J connectivity index is 2.10. The molecular weight excluding hydrogens is 276 g/mol. The van der Waals surface area contributed by atoms with Gasteiger partial charge in [-0.3, -0.25) is 4.79 Å². The molecule has 0 aliphatic rings. The van der Waals surface area contributed by atoms with E-state index >= 15 is 0 Å². The van der Waals surface area contributed by atoms with Crippen LogP contribution in [-0.2, 0) is 5.75 Å². The molecule has 0 amide bonds. The largest absolute Gasteiger partial charge is 0.295 e. The zero-order chi connectivity index (χ0) is 13.8. The fourth-order valence-electron chi connectivity index (χ4n) is 1.74. The number of benzene rings is 2. The van der Waals surface area contributed by atoms with Crippen molar-refractivity contribution in [2.24, 2.45) is 0 Å². The molecule has 0 aliphatic heterocycles. The second-order valence-electron chi connectivity index (χ2n) is 4.47. The Morgan fingerprint density at radius 1 is 1.21 bits per heavy atom. The number of ketones is 1. The summed E-state index contributed by atoms with van der Waals surface area (Å²) in [7, 11) is 0. The molecule has 0 aromatic heterocycles. The van der Waals surface area contributed by atoms with Crippen molar-refractivity contribution >= 4 is 29.1 Å². The van der Waals surface area contributed by atoms with Crippen LogP contribution in [0.15, 0.2) is 47.4 Å². The van der Waals surface area contributed by atoms with Gasteiger partial charge in [0.1, 0.15) is 0 Å². The maximum Gasteiger partial charge on any atom is 0.159 e. The number of aryl methyl sites for hydroxylation is 1. The van der Waals surface area contributed by atoms with Crippen molar-refractivity contribution in [3.05, 3.63) is 64.2 Å². The lowest BCUT2D eigenvalue weighted by Crippen LogP contribution is -1.91. The molecule has 2 aromatic carbocycles. The predicted octanol–water partition coefficient (Wildman–Crippen LogP) is 5.14. The maximum absolute atomic E-state index is 11.3. The highest BCUT2D eigenvalue weighted by molar-refractivity contribution is 7.98. The molecule has 2 aromatic rings. The first-order valence-electron chi connectivity index (χ1n) is 6.05. The highest BCUT2D eigenvalue weighted by Gasteiger charge is 2.04. The maximum atomic E-state index is 11.3. The number of halogens is 1. The van der Waals surface area contributed by atoms with Gasteiger partial charge in [-0.05, 0) is 43.2 Å². The van der Waals surface area contributed by atoms with Gasteiger partial charge in [0.15, 0.2) is 5.78 Å². The van der Waals surface area contributed by atoms with Gasteiger partial charge < -0.3 is 0 Å². The Kier molecular flexibility index (Phi) is 4.67. The van der Waals surface area contributed by atoms with Gasteiger partial charge in [0.05, 0.1) is 0 Å². The minimum Gasteiger partial charge on any atom is -0.295 e. The van der Waals surface area contributed by atoms with E-state index in [4.69, 9.17) is 11.6 Å². The third-order valence-corrected chi connectivity index (χ3v) is 4.24. The van der Waals surface area contributed by atoms with Gasteiger partial charge >= 0.3 is 0 Å². The van der Waals surface area contributed by atoms with E-state index in [0.717, 1.165) is 32.4 Å². The van der Waals surface area contributed by atoms with Gasteiger partial charge in [0.2, 0.25) is 0 Å². The fraction of sp³-hybridized carbons (Fsp3) is 0.188.